The van der Waals surface area contributed by atoms with Crippen LogP contribution in [0.1, 0.15) is 16.9 Å². The van der Waals surface area contributed by atoms with E-state index >= 15 is 0 Å². The zero-order valence-electron chi connectivity index (χ0n) is 15.7. The smallest absolute Gasteiger partial charge is 0.315 e. The van der Waals surface area contributed by atoms with E-state index in [1.54, 1.807) is 12.3 Å². The van der Waals surface area contributed by atoms with Gasteiger partial charge in [-0.3, -0.25) is 0 Å². The molecule has 0 fully saturated rings. The molecule has 0 aliphatic heterocycles. The first kappa shape index (κ1) is 18.7. The quantitative estimate of drug-likeness (QED) is 0.667. The molecule has 0 aliphatic rings. The summed E-state index contributed by atoms with van der Waals surface area (Å²) in [6, 6.07) is 20.1. The molecule has 140 valence electrons. The van der Waals surface area contributed by atoms with Crippen molar-refractivity contribution in [2.45, 2.75) is 19.6 Å². The van der Waals surface area contributed by atoms with Crippen molar-refractivity contribution in [2.75, 3.05) is 14.1 Å². The molecule has 3 aromatic rings. The van der Waals surface area contributed by atoms with Crippen LogP contribution in [0.25, 0.3) is 11.1 Å². The SMILES string of the molecule is CN(C)Cc1ccc(-c2ccccc2CNC(=O)NCc2ccco2)cc1. The minimum Gasteiger partial charge on any atom is -0.467 e. The fourth-order valence-electron chi connectivity index (χ4n) is 2.93. The summed E-state index contributed by atoms with van der Waals surface area (Å²) < 4.78 is 5.21. The zero-order chi connectivity index (χ0) is 19.1. The Bertz CT molecular complexity index is 856. The van der Waals surface area contributed by atoms with Gasteiger partial charge >= 0.3 is 6.03 Å². The molecule has 5 heteroatoms. The third-order valence-corrected chi connectivity index (χ3v) is 4.22. The summed E-state index contributed by atoms with van der Waals surface area (Å²) in [5.74, 6) is 0.725. The summed E-state index contributed by atoms with van der Waals surface area (Å²) in [5.41, 5.74) is 4.62. The van der Waals surface area contributed by atoms with Crippen molar-refractivity contribution in [3.05, 3.63) is 83.8 Å². The lowest BCUT2D eigenvalue weighted by Gasteiger charge is -2.13. The number of hydrogen-bond acceptors (Lipinski definition) is 3. The van der Waals surface area contributed by atoms with Crippen LogP contribution in [0, 0.1) is 0 Å². The zero-order valence-corrected chi connectivity index (χ0v) is 15.7. The van der Waals surface area contributed by atoms with Crippen molar-refractivity contribution in [1.82, 2.24) is 15.5 Å². The molecule has 2 amide bonds. The summed E-state index contributed by atoms with van der Waals surface area (Å²) >= 11 is 0. The first-order valence-electron chi connectivity index (χ1n) is 8.98. The van der Waals surface area contributed by atoms with E-state index in [1.807, 2.05) is 24.3 Å². The second kappa shape index (κ2) is 9.05. The monoisotopic (exact) mass is 363 g/mol. The highest BCUT2D eigenvalue weighted by atomic mass is 16.3. The van der Waals surface area contributed by atoms with E-state index in [9.17, 15) is 4.79 Å². The maximum absolute atomic E-state index is 12.0. The molecule has 0 aliphatic carbocycles. The summed E-state index contributed by atoms with van der Waals surface area (Å²) in [7, 11) is 4.12. The van der Waals surface area contributed by atoms with Crippen molar-refractivity contribution in [1.29, 1.82) is 0 Å². The Morgan fingerprint density at radius 3 is 2.37 bits per heavy atom. The molecule has 5 nitrogen and oxygen atoms in total. The van der Waals surface area contributed by atoms with Gasteiger partial charge in [-0.1, -0.05) is 48.5 Å². The lowest BCUT2D eigenvalue weighted by atomic mass is 9.98. The number of carbonyl (C=O) groups is 1. The van der Waals surface area contributed by atoms with Gasteiger partial charge in [0, 0.05) is 13.1 Å². The molecule has 1 heterocycles. The number of urea groups is 1. The second-order valence-corrected chi connectivity index (χ2v) is 6.71. The molecule has 1 aromatic heterocycles. The van der Waals surface area contributed by atoms with Crippen molar-refractivity contribution in [2.24, 2.45) is 0 Å². The van der Waals surface area contributed by atoms with Gasteiger partial charge in [-0.15, -0.1) is 0 Å². The Kier molecular flexibility index (Phi) is 6.28. The summed E-state index contributed by atoms with van der Waals surface area (Å²) in [6.07, 6.45) is 1.59. The van der Waals surface area contributed by atoms with Crippen LogP contribution in [0.5, 0.6) is 0 Å². The molecule has 0 radical (unpaired) electrons. The number of nitrogens with one attached hydrogen (secondary N) is 2. The van der Waals surface area contributed by atoms with Crippen LogP contribution < -0.4 is 10.6 Å². The summed E-state index contributed by atoms with van der Waals surface area (Å²) in [6.45, 7) is 1.74. The molecule has 0 bridgehead atoms. The van der Waals surface area contributed by atoms with E-state index in [1.165, 1.54) is 5.56 Å². The van der Waals surface area contributed by atoms with Gasteiger partial charge in [-0.25, -0.2) is 4.79 Å². The van der Waals surface area contributed by atoms with Crippen molar-refractivity contribution < 1.29 is 9.21 Å². The standard InChI is InChI=1S/C22H25N3O2/c1-25(2)16-17-9-11-18(12-10-17)21-8-4-3-6-19(21)14-23-22(26)24-15-20-7-5-13-27-20/h3-13H,14-16H2,1-2H3,(H2,23,24,26). The van der Waals surface area contributed by atoms with Gasteiger partial charge in [0.1, 0.15) is 5.76 Å². The van der Waals surface area contributed by atoms with Gasteiger partial charge < -0.3 is 20.0 Å². The number of benzene rings is 2. The fraction of sp³-hybridized carbons (Fsp3) is 0.227. The fourth-order valence-corrected chi connectivity index (χ4v) is 2.93. The lowest BCUT2D eigenvalue weighted by Crippen LogP contribution is -2.34. The number of furan rings is 1. The first-order valence-corrected chi connectivity index (χ1v) is 8.98. The largest absolute Gasteiger partial charge is 0.467 e. The molecule has 0 spiro atoms. The van der Waals surface area contributed by atoms with E-state index in [4.69, 9.17) is 4.42 Å². The molecular weight excluding hydrogens is 338 g/mol. The van der Waals surface area contributed by atoms with E-state index in [2.05, 4.69) is 60.0 Å². The van der Waals surface area contributed by atoms with E-state index in [0.717, 1.165) is 29.0 Å². The highest BCUT2D eigenvalue weighted by molar-refractivity contribution is 5.74. The molecule has 0 saturated heterocycles. The maximum Gasteiger partial charge on any atom is 0.315 e. The van der Waals surface area contributed by atoms with Gasteiger partial charge in [0.05, 0.1) is 12.8 Å². The Hall–Kier alpha value is -3.05. The number of amides is 2. The van der Waals surface area contributed by atoms with Gasteiger partial charge in [-0.05, 0) is 48.5 Å². The molecule has 2 aromatic carbocycles. The summed E-state index contributed by atoms with van der Waals surface area (Å²) in [5, 5.41) is 5.70. The van der Waals surface area contributed by atoms with Crippen molar-refractivity contribution in [3.8, 4) is 11.1 Å². The summed E-state index contributed by atoms with van der Waals surface area (Å²) in [4.78, 5) is 14.2. The van der Waals surface area contributed by atoms with Crippen molar-refractivity contribution >= 4 is 6.03 Å². The van der Waals surface area contributed by atoms with Crippen molar-refractivity contribution in [3.63, 3.8) is 0 Å². The molecule has 0 unspecified atom stereocenters. The van der Waals surface area contributed by atoms with E-state index in [-0.39, 0.29) is 6.03 Å². The predicted octanol–water partition coefficient (Wildman–Crippen LogP) is 4.01. The lowest BCUT2D eigenvalue weighted by molar-refractivity contribution is 0.239. The number of hydrogen-bond donors (Lipinski definition) is 2. The number of carbonyl (C=O) groups excluding carboxylic acids is 1. The number of nitrogens with zero attached hydrogens (tertiary/aromatic N) is 1. The van der Waals surface area contributed by atoms with Gasteiger partial charge in [0.2, 0.25) is 0 Å². The van der Waals surface area contributed by atoms with Crippen LogP contribution in [-0.4, -0.2) is 25.0 Å². The molecule has 27 heavy (non-hydrogen) atoms. The van der Waals surface area contributed by atoms with Gasteiger partial charge in [0.15, 0.2) is 0 Å². The topological polar surface area (TPSA) is 57.5 Å². The van der Waals surface area contributed by atoms with Crippen LogP contribution >= 0.6 is 0 Å². The maximum atomic E-state index is 12.0. The average Bonchev–Trinajstić information content (AvgIpc) is 3.19. The van der Waals surface area contributed by atoms with Crippen LogP contribution in [0.3, 0.4) is 0 Å². The third kappa shape index (κ3) is 5.46. The molecule has 0 saturated carbocycles. The average molecular weight is 363 g/mol. The highest BCUT2D eigenvalue weighted by Crippen LogP contribution is 2.24. The minimum absolute atomic E-state index is 0.220. The number of rotatable bonds is 7. The molecular formula is C22H25N3O2. The second-order valence-electron chi connectivity index (χ2n) is 6.71. The first-order chi connectivity index (χ1) is 13.1. The van der Waals surface area contributed by atoms with Crippen LogP contribution in [0.2, 0.25) is 0 Å². The Labute approximate surface area is 160 Å². The van der Waals surface area contributed by atoms with Crippen LogP contribution in [-0.2, 0) is 19.6 Å². The van der Waals surface area contributed by atoms with Gasteiger partial charge in [0.25, 0.3) is 0 Å². The Morgan fingerprint density at radius 1 is 0.926 bits per heavy atom. The van der Waals surface area contributed by atoms with E-state index < -0.39 is 0 Å². The molecule has 0 atom stereocenters. The van der Waals surface area contributed by atoms with E-state index in [0.29, 0.717) is 13.1 Å². The third-order valence-electron chi connectivity index (χ3n) is 4.22. The minimum atomic E-state index is -0.220. The molecule has 3 rings (SSSR count). The Morgan fingerprint density at radius 2 is 1.67 bits per heavy atom. The molecule has 2 N–H and O–H groups in total. The van der Waals surface area contributed by atoms with Gasteiger partial charge in [-0.2, -0.15) is 0 Å². The Balaban J connectivity index is 1.62. The predicted molar refractivity (Wildman–Crippen MR) is 107 cm³/mol. The van der Waals surface area contributed by atoms with Crippen LogP contribution in [0.4, 0.5) is 4.79 Å². The normalized spacial score (nSPS) is 10.8. The highest BCUT2D eigenvalue weighted by Gasteiger charge is 2.07. The van der Waals surface area contributed by atoms with Crippen LogP contribution in [0.15, 0.2) is 71.3 Å².